The van der Waals surface area contributed by atoms with Gasteiger partial charge in [-0.05, 0) is 36.6 Å². The van der Waals surface area contributed by atoms with Gasteiger partial charge in [0.2, 0.25) is 11.8 Å². The summed E-state index contributed by atoms with van der Waals surface area (Å²) in [5.41, 5.74) is 8.96. The van der Waals surface area contributed by atoms with E-state index in [2.05, 4.69) is 15.3 Å². The van der Waals surface area contributed by atoms with Crippen molar-refractivity contribution in [3.63, 3.8) is 0 Å². The topological polar surface area (TPSA) is 106 Å². The lowest BCUT2D eigenvalue weighted by Crippen LogP contribution is -2.19. The Hall–Kier alpha value is -3.49. The van der Waals surface area contributed by atoms with Crippen molar-refractivity contribution in [2.24, 2.45) is 18.7 Å². The van der Waals surface area contributed by atoms with E-state index in [1.807, 2.05) is 42.6 Å². The highest BCUT2D eigenvalue weighted by molar-refractivity contribution is 6.01. The highest BCUT2D eigenvalue weighted by Gasteiger charge is 2.44. The molecule has 2 atom stereocenters. The van der Waals surface area contributed by atoms with Crippen molar-refractivity contribution in [2.45, 2.75) is 25.9 Å². The molecule has 0 saturated heterocycles. The molecule has 0 bridgehead atoms. The van der Waals surface area contributed by atoms with Crippen molar-refractivity contribution in [3.05, 3.63) is 41.7 Å². The van der Waals surface area contributed by atoms with Crippen molar-refractivity contribution in [1.82, 2.24) is 14.5 Å². The number of hydrogen-bond donors (Lipinski definition) is 2. The maximum atomic E-state index is 13.3. The smallest absolute Gasteiger partial charge is 0.248 e. The second kappa shape index (κ2) is 7.40. The number of nitrogens with zero attached hydrogens (tertiary/aromatic N) is 4. The van der Waals surface area contributed by atoms with E-state index in [0.717, 1.165) is 16.8 Å². The molecule has 2 heterocycles. The molecule has 156 valence electrons. The number of benzene rings is 1. The number of anilines is 3. The molecule has 1 aromatic carbocycles. The summed E-state index contributed by atoms with van der Waals surface area (Å²) in [6.07, 6.45) is 1.48. The lowest BCUT2D eigenvalue weighted by atomic mass is 10.0. The van der Waals surface area contributed by atoms with Crippen LogP contribution in [0.25, 0.3) is 11.0 Å². The van der Waals surface area contributed by atoms with Crippen LogP contribution in [0, 0.1) is 5.92 Å². The zero-order chi connectivity index (χ0) is 21.6. The number of aromatic nitrogens is 3. The van der Waals surface area contributed by atoms with E-state index >= 15 is 0 Å². The fourth-order valence-electron chi connectivity index (χ4n) is 3.49. The van der Waals surface area contributed by atoms with Crippen LogP contribution in [0.15, 0.2) is 30.6 Å². The molecule has 2 aromatic heterocycles. The Morgan fingerprint density at radius 1 is 1.37 bits per heavy atom. The summed E-state index contributed by atoms with van der Waals surface area (Å²) in [4.78, 5) is 34.6. The Balaban J connectivity index is 1.76. The van der Waals surface area contributed by atoms with E-state index in [1.54, 1.807) is 18.5 Å². The monoisotopic (exact) mass is 410 g/mol. The van der Waals surface area contributed by atoms with E-state index in [0.29, 0.717) is 29.1 Å². The number of imidazole rings is 1. The summed E-state index contributed by atoms with van der Waals surface area (Å²) in [5.74, 6) is -0.618. The van der Waals surface area contributed by atoms with Crippen LogP contribution in [0.4, 0.5) is 21.7 Å². The van der Waals surface area contributed by atoms with E-state index in [-0.39, 0.29) is 12.3 Å². The predicted octanol–water partition coefficient (Wildman–Crippen LogP) is 2.69. The van der Waals surface area contributed by atoms with Gasteiger partial charge in [-0.25, -0.2) is 14.4 Å². The Morgan fingerprint density at radius 2 is 2.10 bits per heavy atom. The van der Waals surface area contributed by atoms with Crippen molar-refractivity contribution >= 4 is 40.2 Å². The molecule has 3 aromatic rings. The van der Waals surface area contributed by atoms with Gasteiger partial charge in [-0.15, -0.1) is 0 Å². The molecule has 1 fully saturated rings. The van der Waals surface area contributed by atoms with Crippen molar-refractivity contribution in [3.8, 4) is 0 Å². The Labute approximate surface area is 172 Å². The van der Waals surface area contributed by atoms with E-state index in [9.17, 15) is 14.0 Å². The van der Waals surface area contributed by atoms with Gasteiger partial charge in [-0.3, -0.25) is 9.59 Å². The number of alkyl halides is 1. The molecule has 1 aliphatic carbocycles. The van der Waals surface area contributed by atoms with Gasteiger partial charge in [0, 0.05) is 31.4 Å². The van der Waals surface area contributed by atoms with Crippen LogP contribution >= 0.6 is 0 Å². The minimum absolute atomic E-state index is 0.239. The number of pyridine rings is 1. The summed E-state index contributed by atoms with van der Waals surface area (Å²) >= 11 is 0. The zero-order valence-corrected chi connectivity index (χ0v) is 17.0. The first-order valence-corrected chi connectivity index (χ1v) is 9.73. The van der Waals surface area contributed by atoms with Gasteiger partial charge < -0.3 is 20.5 Å². The van der Waals surface area contributed by atoms with Crippen LogP contribution < -0.4 is 16.0 Å². The second-order valence-corrected chi connectivity index (χ2v) is 7.52. The molecule has 4 rings (SSSR count). The predicted molar refractivity (Wildman–Crippen MR) is 113 cm³/mol. The molecule has 2 amide bonds. The highest BCUT2D eigenvalue weighted by Crippen LogP contribution is 2.36. The van der Waals surface area contributed by atoms with Gasteiger partial charge in [0.15, 0.2) is 5.82 Å². The van der Waals surface area contributed by atoms with Gasteiger partial charge in [0.1, 0.15) is 17.5 Å². The van der Waals surface area contributed by atoms with Crippen LogP contribution in [-0.2, 0) is 18.3 Å². The molecule has 8 nitrogen and oxygen atoms in total. The molecular weight excluding hydrogens is 387 g/mol. The van der Waals surface area contributed by atoms with Crippen LogP contribution in [-0.4, -0.2) is 39.6 Å². The van der Waals surface area contributed by atoms with E-state index < -0.39 is 18.0 Å². The fraction of sp³-hybridized carbons (Fsp3) is 0.333. The van der Waals surface area contributed by atoms with Crippen LogP contribution in [0.2, 0.25) is 0 Å². The van der Waals surface area contributed by atoms with E-state index in [1.165, 1.54) is 0 Å². The van der Waals surface area contributed by atoms with Crippen LogP contribution in [0.5, 0.6) is 0 Å². The molecule has 0 unspecified atom stereocenters. The normalized spacial score (nSPS) is 17.7. The fourth-order valence-corrected chi connectivity index (χ4v) is 3.49. The number of nitrogens with one attached hydrogen (secondary N) is 1. The highest BCUT2D eigenvalue weighted by atomic mass is 19.1. The quantitative estimate of drug-likeness (QED) is 0.650. The number of carbonyl (C=O) groups excluding carboxylic acids is 2. The molecular formula is C21H23FN6O2. The maximum absolute atomic E-state index is 13.3. The number of amides is 2. The molecule has 0 radical (unpaired) electrons. The molecule has 0 spiro atoms. The molecule has 0 aliphatic heterocycles. The molecule has 30 heavy (non-hydrogen) atoms. The standard InChI is InChI=1S/C21H23FN6O2/c1-4-11-7-12(19(23)29)5-6-15(11)28(3)17-9-16-18(24-10-27(16)2)20(25-17)26-21(30)13-8-14(13)22/h5-7,9-10,13-14H,4,8H2,1-3H3,(H2,23,29)(H,25,26,30)/t13-,14+/m0/s1. The first kappa shape index (κ1) is 19.8. The summed E-state index contributed by atoms with van der Waals surface area (Å²) in [5, 5.41) is 2.74. The van der Waals surface area contributed by atoms with Gasteiger partial charge >= 0.3 is 0 Å². The van der Waals surface area contributed by atoms with Crippen molar-refractivity contribution in [1.29, 1.82) is 0 Å². The van der Waals surface area contributed by atoms with Crippen molar-refractivity contribution < 1.29 is 14.0 Å². The minimum atomic E-state index is -1.09. The number of carbonyl (C=O) groups is 2. The maximum Gasteiger partial charge on any atom is 0.248 e. The lowest BCUT2D eigenvalue weighted by Gasteiger charge is -2.23. The number of halogens is 1. The molecule has 1 saturated carbocycles. The number of nitrogens with two attached hydrogens (primary N) is 1. The lowest BCUT2D eigenvalue weighted by molar-refractivity contribution is -0.117. The minimum Gasteiger partial charge on any atom is -0.366 e. The van der Waals surface area contributed by atoms with E-state index in [4.69, 9.17) is 5.73 Å². The van der Waals surface area contributed by atoms with Gasteiger partial charge in [0.05, 0.1) is 17.8 Å². The molecule has 3 N–H and O–H groups in total. The summed E-state index contributed by atoms with van der Waals surface area (Å²) < 4.78 is 15.1. The zero-order valence-electron chi connectivity index (χ0n) is 17.0. The van der Waals surface area contributed by atoms with Gasteiger partial charge in [0.25, 0.3) is 0 Å². The number of hydrogen-bond acceptors (Lipinski definition) is 5. The number of fused-ring (bicyclic) bond motifs is 1. The number of primary amides is 1. The largest absolute Gasteiger partial charge is 0.366 e. The Kier molecular flexibility index (Phi) is 4.89. The van der Waals surface area contributed by atoms with Crippen molar-refractivity contribution in [2.75, 3.05) is 17.3 Å². The first-order chi connectivity index (χ1) is 14.3. The third-order valence-electron chi connectivity index (χ3n) is 5.44. The third kappa shape index (κ3) is 3.47. The second-order valence-electron chi connectivity index (χ2n) is 7.52. The van der Waals surface area contributed by atoms with Crippen LogP contribution in [0.1, 0.15) is 29.3 Å². The third-order valence-corrected chi connectivity index (χ3v) is 5.44. The summed E-state index contributed by atoms with van der Waals surface area (Å²) in [6.45, 7) is 1.99. The first-order valence-electron chi connectivity index (χ1n) is 9.73. The SMILES string of the molecule is CCc1cc(C(N)=O)ccc1N(C)c1cc2c(ncn2C)c(NC(=O)[C@H]2C[C@H]2F)n1. The summed E-state index contributed by atoms with van der Waals surface area (Å²) in [6, 6.07) is 7.14. The van der Waals surface area contributed by atoms with Gasteiger partial charge in [-0.2, -0.15) is 0 Å². The molecule has 1 aliphatic rings. The average molecular weight is 410 g/mol. The average Bonchev–Trinajstić information content (AvgIpc) is 3.36. The Morgan fingerprint density at radius 3 is 2.73 bits per heavy atom. The van der Waals surface area contributed by atoms with Crippen LogP contribution in [0.3, 0.4) is 0 Å². The Bertz CT molecular complexity index is 1160. The molecule has 9 heteroatoms. The van der Waals surface area contributed by atoms with Gasteiger partial charge in [-0.1, -0.05) is 6.92 Å². The summed E-state index contributed by atoms with van der Waals surface area (Å²) in [7, 11) is 3.70. The number of aryl methyl sites for hydroxylation is 2. The number of rotatable bonds is 6.